The summed E-state index contributed by atoms with van der Waals surface area (Å²) in [6.45, 7) is 2.03. The second-order valence-corrected chi connectivity index (χ2v) is 8.87. The molecule has 194 valence electrons. The number of carbonyl (C=O) groups is 2. The van der Waals surface area contributed by atoms with Gasteiger partial charge in [-0.3, -0.25) is 0 Å². The summed E-state index contributed by atoms with van der Waals surface area (Å²) in [5.41, 5.74) is 0.900. The quantitative estimate of drug-likeness (QED) is 0.403. The van der Waals surface area contributed by atoms with Crippen molar-refractivity contribution in [2.24, 2.45) is 0 Å². The SMILES string of the molecule is CNC(=O)OCCC1(c2ccc(F)cc2)CCN([C@@H](C)c2ccc(-c3ccc(F)cc3)c(F)c2)C(=O)O1. The van der Waals surface area contributed by atoms with Gasteiger partial charge in [-0.25, -0.2) is 22.8 Å². The summed E-state index contributed by atoms with van der Waals surface area (Å²) in [7, 11) is 1.44. The number of nitrogens with one attached hydrogen (secondary N) is 1. The van der Waals surface area contributed by atoms with Crippen molar-refractivity contribution in [3.05, 3.63) is 95.3 Å². The van der Waals surface area contributed by atoms with Crippen molar-refractivity contribution in [3.63, 3.8) is 0 Å². The van der Waals surface area contributed by atoms with Crippen LogP contribution in [-0.2, 0) is 15.1 Å². The summed E-state index contributed by atoms with van der Waals surface area (Å²) in [5.74, 6) is -1.33. The zero-order chi connectivity index (χ0) is 26.6. The third-order valence-electron chi connectivity index (χ3n) is 6.69. The Morgan fingerprint density at radius 3 is 2.30 bits per heavy atom. The van der Waals surface area contributed by atoms with Crippen molar-refractivity contribution in [1.29, 1.82) is 0 Å². The van der Waals surface area contributed by atoms with E-state index >= 15 is 0 Å². The minimum absolute atomic E-state index is 0.0179. The van der Waals surface area contributed by atoms with Crippen LogP contribution in [0.5, 0.6) is 0 Å². The molecule has 1 aliphatic heterocycles. The van der Waals surface area contributed by atoms with Gasteiger partial charge >= 0.3 is 12.2 Å². The molecular formula is C28H27F3N2O4. The van der Waals surface area contributed by atoms with E-state index in [9.17, 15) is 22.8 Å². The van der Waals surface area contributed by atoms with Gasteiger partial charge < -0.3 is 19.7 Å². The van der Waals surface area contributed by atoms with Gasteiger partial charge in [0.25, 0.3) is 0 Å². The fourth-order valence-corrected chi connectivity index (χ4v) is 4.51. The molecule has 4 rings (SSSR count). The van der Waals surface area contributed by atoms with Crippen LogP contribution in [0, 0.1) is 17.5 Å². The zero-order valence-corrected chi connectivity index (χ0v) is 20.5. The van der Waals surface area contributed by atoms with Gasteiger partial charge in [0.2, 0.25) is 0 Å². The normalized spacial score (nSPS) is 18.2. The lowest BCUT2D eigenvalue weighted by molar-refractivity contribution is -0.0724. The smallest absolute Gasteiger partial charge is 0.411 e. The Bertz CT molecular complexity index is 1270. The molecule has 0 spiro atoms. The summed E-state index contributed by atoms with van der Waals surface area (Å²) >= 11 is 0. The van der Waals surface area contributed by atoms with Gasteiger partial charge in [-0.1, -0.05) is 36.4 Å². The van der Waals surface area contributed by atoms with Gasteiger partial charge in [-0.15, -0.1) is 0 Å². The standard InChI is InChI=1S/C28H27F3N2O4/c1-18(20-5-12-24(25(31)17-20)19-3-8-22(29)9-4-19)33-15-13-28(37-27(33)35,14-16-36-26(34)32-2)21-6-10-23(30)11-7-21/h3-12,17-18H,13-16H2,1-2H3,(H,32,34)/t18-,28?/m0/s1. The monoisotopic (exact) mass is 512 g/mol. The van der Waals surface area contributed by atoms with E-state index in [1.54, 1.807) is 31.2 Å². The van der Waals surface area contributed by atoms with Crippen LogP contribution in [0.25, 0.3) is 11.1 Å². The van der Waals surface area contributed by atoms with Crippen LogP contribution in [-0.4, -0.2) is 37.3 Å². The van der Waals surface area contributed by atoms with Gasteiger partial charge in [0.1, 0.15) is 23.1 Å². The minimum Gasteiger partial charge on any atom is -0.449 e. The van der Waals surface area contributed by atoms with E-state index in [0.717, 1.165) is 0 Å². The van der Waals surface area contributed by atoms with E-state index in [-0.39, 0.29) is 19.6 Å². The number of hydrogen-bond donors (Lipinski definition) is 1. The van der Waals surface area contributed by atoms with Crippen molar-refractivity contribution >= 4 is 12.2 Å². The maximum absolute atomic E-state index is 15.0. The first kappa shape index (κ1) is 26.1. The summed E-state index contributed by atoms with van der Waals surface area (Å²) in [6.07, 6.45) is -0.702. The first-order valence-electron chi connectivity index (χ1n) is 11.9. The van der Waals surface area contributed by atoms with Gasteiger partial charge in [0, 0.05) is 32.0 Å². The number of ether oxygens (including phenoxy) is 2. The Morgan fingerprint density at radius 1 is 1.05 bits per heavy atom. The second kappa shape index (κ2) is 10.9. The van der Waals surface area contributed by atoms with E-state index in [0.29, 0.717) is 28.7 Å². The van der Waals surface area contributed by atoms with E-state index in [4.69, 9.17) is 9.47 Å². The van der Waals surface area contributed by atoms with Gasteiger partial charge in [-0.05, 0) is 53.9 Å². The number of benzene rings is 3. The highest BCUT2D eigenvalue weighted by molar-refractivity contribution is 5.71. The highest BCUT2D eigenvalue weighted by atomic mass is 19.1. The molecule has 1 saturated heterocycles. The Hall–Kier alpha value is -4.01. The molecule has 37 heavy (non-hydrogen) atoms. The molecule has 0 aliphatic carbocycles. The van der Waals surface area contributed by atoms with Crippen LogP contribution >= 0.6 is 0 Å². The van der Waals surface area contributed by atoms with Crippen molar-refractivity contribution in [2.75, 3.05) is 20.2 Å². The number of amides is 2. The number of hydrogen-bond acceptors (Lipinski definition) is 4. The predicted octanol–water partition coefficient (Wildman–Crippen LogP) is 6.32. The molecular weight excluding hydrogens is 485 g/mol. The Balaban J connectivity index is 1.53. The summed E-state index contributed by atoms with van der Waals surface area (Å²) in [5, 5.41) is 2.36. The predicted molar refractivity (Wildman–Crippen MR) is 131 cm³/mol. The van der Waals surface area contributed by atoms with E-state index in [2.05, 4.69) is 5.32 Å². The molecule has 3 aromatic rings. The number of nitrogens with zero attached hydrogens (tertiary/aromatic N) is 1. The van der Waals surface area contributed by atoms with Crippen molar-refractivity contribution in [3.8, 4) is 11.1 Å². The van der Waals surface area contributed by atoms with Gasteiger partial charge in [-0.2, -0.15) is 0 Å². The van der Waals surface area contributed by atoms with Crippen LogP contribution in [0.15, 0.2) is 66.7 Å². The molecule has 1 fully saturated rings. The van der Waals surface area contributed by atoms with E-state index in [1.807, 2.05) is 0 Å². The van der Waals surface area contributed by atoms with Crippen LogP contribution < -0.4 is 5.32 Å². The first-order valence-corrected chi connectivity index (χ1v) is 11.9. The number of carbonyl (C=O) groups excluding carboxylic acids is 2. The van der Waals surface area contributed by atoms with Crippen molar-refractivity contribution in [1.82, 2.24) is 10.2 Å². The lowest BCUT2D eigenvalue weighted by Crippen LogP contribution is -2.49. The molecule has 1 unspecified atom stereocenters. The van der Waals surface area contributed by atoms with Crippen LogP contribution in [0.2, 0.25) is 0 Å². The average molecular weight is 513 g/mol. The molecule has 9 heteroatoms. The van der Waals surface area contributed by atoms with Crippen molar-refractivity contribution in [2.45, 2.75) is 31.4 Å². The van der Waals surface area contributed by atoms with Gasteiger partial charge in [0.15, 0.2) is 0 Å². The van der Waals surface area contributed by atoms with Crippen LogP contribution in [0.3, 0.4) is 0 Å². The third-order valence-corrected chi connectivity index (χ3v) is 6.69. The molecule has 0 bridgehead atoms. The lowest BCUT2D eigenvalue weighted by Gasteiger charge is -2.43. The molecule has 0 radical (unpaired) electrons. The third kappa shape index (κ3) is 5.71. The minimum atomic E-state index is -1.12. The summed E-state index contributed by atoms with van der Waals surface area (Å²) in [6, 6.07) is 15.4. The number of alkyl carbamates (subject to hydrolysis) is 1. The van der Waals surface area contributed by atoms with Crippen LogP contribution in [0.1, 0.15) is 36.9 Å². The van der Waals surface area contributed by atoms with E-state index in [1.165, 1.54) is 54.4 Å². The molecule has 2 atom stereocenters. The fraction of sp³-hybridized carbons (Fsp3) is 0.286. The number of rotatable bonds is 7. The highest BCUT2D eigenvalue weighted by Gasteiger charge is 2.43. The molecule has 1 N–H and O–H groups in total. The largest absolute Gasteiger partial charge is 0.449 e. The Labute approximate surface area is 213 Å². The molecule has 0 saturated carbocycles. The first-order chi connectivity index (χ1) is 17.7. The van der Waals surface area contributed by atoms with Crippen molar-refractivity contribution < 1.29 is 32.2 Å². The Kier molecular flexibility index (Phi) is 7.71. The van der Waals surface area contributed by atoms with E-state index < -0.39 is 41.3 Å². The van der Waals surface area contributed by atoms with Crippen LogP contribution in [0.4, 0.5) is 22.8 Å². The number of halogens is 3. The lowest BCUT2D eigenvalue weighted by atomic mass is 9.85. The highest BCUT2D eigenvalue weighted by Crippen LogP contribution is 2.40. The Morgan fingerprint density at radius 2 is 1.70 bits per heavy atom. The molecule has 1 heterocycles. The maximum Gasteiger partial charge on any atom is 0.411 e. The summed E-state index contributed by atoms with van der Waals surface area (Å²) < 4.78 is 52.8. The maximum atomic E-state index is 15.0. The zero-order valence-electron chi connectivity index (χ0n) is 20.5. The molecule has 1 aliphatic rings. The molecule has 3 aromatic carbocycles. The van der Waals surface area contributed by atoms with Gasteiger partial charge in [0.05, 0.1) is 12.6 Å². The number of cyclic esters (lactones) is 1. The second-order valence-electron chi connectivity index (χ2n) is 8.87. The molecule has 2 amide bonds. The molecule has 6 nitrogen and oxygen atoms in total. The summed E-state index contributed by atoms with van der Waals surface area (Å²) in [4.78, 5) is 26.2. The molecule has 0 aromatic heterocycles. The average Bonchev–Trinajstić information content (AvgIpc) is 2.89. The topological polar surface area (TPSA) is 67.9 Å². The fourth-order valence-electron chi connectivity index (χ4n) is 4.51.